The van der Waals surface area contributed by atoms with Crippen molar-refractivity contribution in [3.63, 3.8) is 0 Å². The van der Waals surface area contributed by atoms with Gasteiger partial charge in [0.15, 0.2) is 17.5 Å². The van der Waals surface area contributed by atoms with E-state index in [1.54, 1.807) is 22.7 Å². The minimum Gasteiger partial charge on any atom is -0.208 e. The summed E-state index contributed by atoms with van der Waals surface area (Å²) >= 11 is 3.59. The molecule has 0 radical (unpaired) electrons. The standard InChI is InChI=1S/C53H31N3S2/c1-2-14-33(15-3-1)36-22-11-18-34-30-31-40(37-23-10-17-32-16-4-5-19-35(32)37)48(47(34)36)53-55-51(43-26-12-24-41-38-20-6-8-28-45(38)57-49(41)43)54-52(56-53)44-27-13-25-42-39-21-7-9-29-46(39)58-50(42)44/h1-31H. The normalized spacial score (nSPS) is 11.8. The first-order valence-corrected chi connectivity index (χ1v) is 21.1. The van der Waals surface area contributed by atoms with Gasteiger partial charge in [-0.25, -0.2) is 15.0 Å². The molecule has 0 unspecified atom stereocenters. The molecular formula is C53H31N3S2. The summed E-state index contributed by atoms with van der Waals surface area (Å²) in [5.74, 6) is 1.97. The largest absolute Gasteiger partial charge is 0.208 e. The fourth-order valence-electron chi connectivity index (χ4n) is 8.73. The number of fused-ring (bicyclic) bond motifs is 8. The molecule has 3 aromatic heterocycles. The number of thiophene rings is 2. The zero-order valence-corrected chi connectivity index (χ0v) is 32.7. The summed E-state index contributed by atoms with van der Waals surface area (Å²) < 4.78 is 4.83. The molecule has 5 heteroatoms. The summed E-state index contributed by atoms with van der Waals surface area (Å²) in [4.78, 5) is 16.6. The Hall–Kier alpha value is -7.05. The molecule has 3 heterocycles. The third kappa shape index (κ3) is 5.21. The van der Waals surface area contributed by atoms with Gasteiger partial charge in [-0.15, -0.1) is 22.7 Å². The highest BCUT2D eigenvalue weighted by Crippen LogP contribution is 2.46. The summed E-state index contributed by atoms with van der Waals surface area (Å²) in [6.45, 7) is 0. The van der Waals surface area contributed by atoms with Crippen LogP contribution < -0.4 is 0 Å². The van der Waals surface area contributed by atoms with E-state index in [0.29, 0.717) is 17.5 Å². The van der Waals surface area contributed by atoms with Crippen LogP contribution in [0.3, 0.4) is 0 Å². The predicted octanol–water partition coefficient (Wildman–Crippen LogP) is 15.2. The molecule has 12 aromatic rings. The minimum absolute atomic E-state index is 0.646. The van der Waals surface area contributed by atoms with Crippen LogP contribution in [0.15, 0.2) is 188 Å². The van der Waals surface area contributed by atoms with Crippen LogP contribution in [0.2, 0.25) is 0 Å². The summed E-state index contributed by atoms with van der Waals surface area (Å²) in [5.41, 5.74) is 7.49. The maximum Gasteiger partial charge on any atom is 0.165 e. The van der Waals surface area contributed by atoms with E-state index in [4.69, 9.17) is 15.0 Å². The number of hydrogen-bond acceptors (Lipinski definition) is 5. The Morgan fingerprint density at radius 1 is 0.293 bits per heavy atom. The summed E-state index contributed by atoms with van der Waals surface area (Å²) in [6.07, 6.45) is 0. The van der Waals surface area contributed by atoms with E-state index < -0.39 is 0 Å². The molecule has 3 nitrogen and oxygen atoms in total. The Bertz CT molecular complexity index is 3450. The first-order chi connectivity index (χ1) is 28.8. The van der Waals surface area contributed by atoms with Crippen LogP contribution in [0.1, 0.15) is 0 Å². The molecular weight excluding hydrogens is 743 g/mol. The number of hydrogen-bond donors (Lipinski definition) is 0. The van der Waals surface area contributed by atoms with Crippen LogP contribution in [-0.2, 0) is 0 Å². The first kappa shape index (κ1) is 33.1. The lowest BCUT2D eigenvalue weighted by Crippen LogP contribution is -2.02. The molecule has 0 amide bonds. The van der Waals surface area contributed by atoms with Crippen LogP contribution in [0.25, 0.3) is 118 Å². The monoisotopic (exact) mass is 773 g/mol. The van der Waals surface area contributed by atoms with E-state index in [2.05, 4.69) is 188 Å². The maximum atomic E-state index is 5.58. The molecule has 0 atom stereocenters. The molecule has 0 N–H and O–H groups in total. The number of benzene rings is 9. The van der Waals surface area contributed by atoms with Gasteiger partial charge in [-0.05, 0) is 62.7 Å². The number of rotatable bonds is 5. The van der Waals surface area contributed by atoms with E-state index in [1.165, 1.54) is 51.1 Å². The molecule has 0 bridgehead atoms. The Balaban J connectivity index is 1.23. The highest BCUT2D eigenvalue weighted by Gasteiger charge is 2.24. The molecule has 0 aliphatic heterocycles. The van der Waals surface area contributed by atoms with Crippen molar-refractivity contribution in [3.05, 3.63) is 188 Å². The number of aromatic nitrogens is 3. The van der Waals surface area contributed by atoms with Crippen LogP contribution in [-0.4, -0.2) is 15.0 Å². The van der Waals surface area contributed by atoms with Gasteiger partial charge >= 0.3 is 0 Å². The van der Waals surface area contributed by atoms with Gasteiger partial charge in [0.05, 0.1) is 0 Å². The average Bonchev–Trinajstić information content (AvgIpc) is 3.87. The first-order valence-electron chi connectivity index (χ1n) is 19.4. The second kappa shape index (κ2) is 13.3. The third-order valence-corrected chi connectivity index (χ3v) is 13.8. The van der Waals surface area contributed by atoms with Gasteiger partial charge in [0, 0.05) is 62.4 Å². The summed E-state index contributed by atoms with van der Waals surface area (Å²) in [7, 11) is 0. The maximum absolute atomic E-state index is 5.58. The average molecular weight is 774 g/mol. The summed E-state index contributed by atoms with van der Waals surface area (Å²) in [6, 6.07) is 67.3. The van der Waals surface area contributed by atoms with Crippen molar-refractivity contribution >= 4 is 84.6 Å². The molecule has 12 rings (SSSR count). The Morgan fingerprint density at radius 3 is 1.45 bits per heavy atom. The fraction of sp³-hybridized carbons (Fsp3) is 0. The van der Waals surface area contributed by atoms with Crippen molar-refractivity contribution in [2.75, 3.05) is 0 Å². The van der Waals surface area contributed by atoms with Gasteiger partial charge in [-0.2, -0.15) is 0 Å². The molecule has 0 fully saturated rings. The molecule has 0 saturated heterocycles. The van der Waals surface area contributed by atoms with E-state index in [1.807, 2.05) is 0 Å². The third-order valence-electron chi connectivity index (χ3n) is 11.4. The molecule has 0 saturated carbocycles. The smallest absolute Gasteiger partial charge is 0.165 e. The number of nitrogens with zero attached hydrogens (tertiary/aromatic N) is 3. The molecule has 0 aliphatic rings. The summed E-state index contributed by atoms with van der Waals surface area (Å²) in [5, 5.41) is 9.52. The van der Waals surface area contributed by atoms with Gasteiger partial charge < -0.3 is 0 Å². The lowest BCUT2D eigenvalue weighted by molar-refractivity contribution is 1.08. The van der Waals surface area contributed by atoms with Gasteiger partial charge in [-0.3, -0.25) is 0 Å². The van der Waals surface area contributed by atoms with Crippen molar-refractivity contribution in [3.8, 4) is 56.4 Å². The SMILES string of the molecule is c1ccc(-c2cccc3ccc(-c4cccc5ccccc45)c(-c4nc(-c5cccc6c5sc5ccccc56)nc(-c5cccc6c5sc5ccccc56)n4)c23)cc1. The topological polar surface area (TPSA) is 38.7 Å². The molecule has 0 aliphatic carbocycles. The van der Waals surface area contributed by atoms with Crippen LogP contribution in [0, 0.1) is 0 Å². The zero-order valence-electron chi connectivity index (χ0n) is 31.1. The Labute approximate surface area is 342 Å². The highest BCUT2D eigenvalue weighted by molar-refractivity contribution is 7.26. The lowest BCUT2D eigenvalue weighted by atomic mass is 9.87. The van der Waals surface area contributed by atoms with E-state index in [9.17, 15) is 0 Å². The molecule has 270 valence electrons. The van der Waals surface area contributed by atoms with Crippen molar-refractivity contribution in [1.82, 2.24) is 15.0 Å². The van der Waals surface area contributed by atoms with E-state index >= 15 is 0 Å². The van der Waals surface area contributed by atoms with Gasteiger partial charge in [0.2, 0.25) is 0 Å². The van der Waals surface area contributed by atoms with Crippen molar-refractivity contribution in [2.24, 2.45) is 0 Å². The van der Waals surface area contributed by atoms with Gasteiger partial charge in [0.25, 0.3) is 0 Å². The van der Waals surface area contributed by atoms with Crippen LogP contribution in [0.5, 0.6) is 0 Å². The van der Waals surface area contributed by atoms with E-state index in [0.717, 1.165) is 49.7 Å². The van der Waals surface area contributed by atoms with Crippen molar-refractivity contribution < 1.29 is 0 Å². The predicted molar refractivity (Wildman–Crippen MR) is 248 cm³/mol. The van der Waals surface area contributed by atoms with Crippen LogP contribution >= 0.6 is 22.7 Å². The van der Waals surface area contributed by atoms with Gasteiger partial charge in [-0.1, -0.05) is 164 Å². The van der Waals surface area contributed by atoms with Crippen LogP contribution in [0.4, 0.5) is 0 Å². The Morgan fingerprint density at radius 2 is 0.776 bits per heavy atom. The van der Waals surface area contributed by atoms with E-state index in [-0.39, 0.29) is 0 Å². The molecule has 9 aromatic carbocycles. The minimum atomic E-state index is 0.646. The lowest BCUT2D eigenvalue weighted by Gasteiger charge is -2.18. The second-order valence-corrected chi connectivity index (χ2v) is 16.8. The fourth-order valence-corrected chi connectivity index (χ4v) is 11.2. The molecule has 0 spiro atoms. The van der Waals surface area contributed by atoms with Gasteiger partial charge in [0.1, 0.15) is 0 Å². The Kier molecular flexibility index (Phi) is 7.58. The van der Waals surface area contributed by atoms with Crippen molar-refractivity contribution in [2.45, 2.75) is 0 Å². The quantitative estimate of drug-likeness (QED) is 0.175. The van der Waals surface area contributed by atoms with Crippen molar-refractivity contribution in [1.29, 1.82) is 0 Å². The highest BCUT2D eigenvalue weighted by atomic mass is 32.1. The zero-order chi connectivity index (χ0) is 38.2. The second-order valence-electron chi connectivity index (χ2n) is 14.7. The molecule has 58 heavy (non-hydrogen) atoms.